The zero-order valence-corrected chi connectivity index (χ0v) is 9.17. The number of nitrogens with two attached hydrogens (primary N) is 1. The zero-order valence-electron chi connectivity index (χ0n) is 7.01. The Morgan fingerprint density at radius 3 is 2.14 bits per heavy atom. The summed E-state index contributed by atoms with van der Waals surface area (Å²) in [5, 5.41) is 17.0. The molecule has 0 aromatic carbocycles. The Morgan fingerprint density at radius 2 is 1.86 bits per heavy atom. The number of carboxylic acid groups (broad SMARTS) is 2. The molecule has 1 unspecified atom stereocenters. The number of primary amides is 1. The molecule has 8 heteroatoms. The maximum Gasteiger partial charge on any atom is 0.327 e. The van der Waals surface area contributed by atoms with Crippen LogP contribution in [0.5, 0.6) is 0 Å². The fraction of sp³-hybridized carbons (Fsp3) is 0.500. The number of carbonyl (C=O) groups excluding carboxylic acids is 1. The zero-order chi connectivity index (χ0) is 11.3. The van der Waals surface area contributed by atoms with Crippen LogP contribution < -0.4 is 5.73 Å². The topological polar surface area (TPSA) is 121 Å². The van der Waals surface area contributed by atoms with Crippen LogP contribution in [0.25, 0.3) is 0 Å². The number of urea groups is 1. The van der Waals surface area contributed by atoms with E-state index in [0.29, 0.717) is 0 Å². The summed E-state index contributed by atoms with van der Waals surface area (Å²) in [6.45, 7) is 0. The molecule has 14 heavy (non-hydrogen) atoms. The minimum absolute atomic E-state index is 0.170. The Morgan fingerprint density at radius 1 is 1.36 bits per heavy atom. The van der Waals surface area contributed by atoms with E-state index in [1.807, 2.05) is 0 Å². The predicted octanol–water partition coefficient (Wildman–Crippen LogP) is 0.0351. The smallest absolute Gasteiger partial charge is 0.327 e. The number of aliphatic carboxylic acids is 2. The normalized spacial score (nSPS) is 11.8. The van der Waals surface area contributed by atoms with Crippen LogP contribution in [0.4, 0.5) is 4.79 Å². The number of carboxylic acids is 2. The van der Waals surface area contributed by atoms with Crippen molar-refractivity contribution in [2.75, 3.05) is 0 Å². The summed E-state index contributed by atoms with van der Waals surface area (Å²) >= 11 is 1.44. The Kier molecular flexibility index (Phi) is 5.20. The second kappa shape index (κ2) is 5.62. The lowest BCUT2D eigenvalue weighted by molar-refractivity contribution is -0.141. The molecule has 0 aromatic heterocycles. The van der Waals surface area contributed by atoms with E-state index in [9.17, 15) is 14.4 Å². The number of hydrogen-bond acceptors (Lipinski definition) is 3. The highest BCUT2D eigenvalue weighted by Gasteiger charge is 2.27. The van der Waals surface area contributed by atoms with Crippen LogP contribution in [0.2, 0.25) is 0 Å². The Labute approximate surface area is 93.4 Å². The highest BCUT2D eigenvalue weighted by Crippen LogP contribution is 2.12. The molecule has 0 aromatic rings. The van der Waals surface area contributed by atoms with Gasteiger partial charge in [-0.05, 0) is 6.42 Å². The van der Waals surface area contributed by atoms with Crippen LogP contribution in [-0.4, -0.2) is 37.3 Å². The van der Waals surface area contributed by atoms with Gasteiger partial charge in [-0.25, -0.2) is 9.59 Å². The van der Waals surface area contributed by atoms with Gasteiger partial charge in [0, 0.05) is 6.42 Å². The first kappa shape index (κ1) is 12.9. The number of hydrogen-bond donors (Lipinski definition) is 3. The van der Waals surface area contributed by atoms with Gasteiger partial charge in [0.15, 0.2) is 0 Å². The number of carbonyl (C=O) groups is 3. The van der Waals surface area contributed by atoms with Crippen molar-refractivity contribution in [1.29, 1.82) is 0 Å². The molecule has 0 heterocycles. The van der Waals surface area contributed by atoms with Crippen molar-refractivity contribution in [3.05, 3.63) is 0 Å². The van der Waals surface area contributed by atoms with Gasteiger partial charge in [-0.3, -0.25) is 7.91 Å². The van der Waals surface area contributed by atoms with Crippen LogP contribution >= 0.6 is 22.9 Å². The summed E-state index contributed by atoms with van der Waals surface area (Å²) in [5.41, 5.74) is 4.85. The van der Waals surface area contributed by atoms with E-state index in [1.165, 1.54) is 22.9 Å². The molecule has 0 bridgehead atoms. The van der Waals surface area contributed by atoms with E-state index in [4.69, 9.17) is 15.9 Å². The van der Waals surface area contributed by atoms with E-state index < -0.39 is 24.0 Å². The first-order valence-electron chi connectivity index (χ1n) is 3.55. The summed E-state index contributed by atoms with van der Waals surface area (Å²) in [6.07, 6.45) is -0.500. The van der Waals surface area contributed by atoms with Crippen LogP contribution in [0.1, 0.15) is 12.8 Å². The molecule has 0 aliphatic carbocycles. The van der Waals surface area contributed by atoms with E-state index in [-0.39, 0.29) is 12.8 Å². The van der Waals surface area contributed by atoms with E-state index in [2.05, 4.69) is 0 Å². The molecule has 0 aliphatic heterocycles. The highest BCUT2D eigenvalue weighted by molar-refractivity contribution is 14.1. The second-order valence-corrected chi connectivity index (χ2v) is 3.48. The highest BCUT2D eigenvalue weighted by atomic mass is 127. The van der Waals surface area contributed by atoms with Gasteiger partial charge in [0.25, 0.3) is 0 Å². The molecule has 80 valence electrons. The number of halogens is 1. The van der Waals surface area contributed by atoms with Crippen molar-refractivity contribution in [3.63, 3.8) is 0 Å². The molecule has 7 nitrogen and oxygen atoms in total. The molecule has 0 fully saturated rings. The van der Waals surface area contributed by atoms with Crippen molar-refractivity contribution in [3.8, 4) is 0 Å². The molecule has 0 aliphatic rings. The van der Waals surface area contributed by atoms with Crippen LogP contribution in [0.3, 0.4) is 0 Å². The van der Waals surface area contributed by atoms with Crippen molar-refractivity contribution < 1.29 is 24.6 Å². The maximum absolute atomic E-state index is 10.6. The van der Waals surface area contributed by atoms with E-state index in [0.717, 1.165) is 3.11 Å². The fourth-order valence-corrected chi connectivity index (χ4v) is 1.26. The molecule has 0 rings (SSSR count). The van der Waals surface area contributed by atoms with Gasteiger partial charge in [-0.2, -0.15) is 0 Å². The van der Waals surface area contributed by atoms with Gasteiger partial charge >= 0.3 is 18.0 Å². The van der Waals surface area contributed by atoms with Gasteiger partial charge < -0.3 is 15.9 Å². The molecular weight excluding hydrogens is 307 g/mol. The lowest BCUT2D eigenvalue weighted by Crippen LogP contribution is -2.41. The Hall–Kier alpha value is -1.06. The third kappa shape index (κ3) is 4.25. The monoisotopic (exact) mass is 316 g/mol. The standard InChI is InChI=1S/C6H9IN2O5/c7-9(6(8)14)3(5(12)13)1-2-4(10)11/h3H,1-2H2,(H2,8,14)(H,10,11)(H,12,13). The van der Waals surface area contributed by atoms with Gasteiger partial charge in [0.2, 0.25) is 0 Å². The molecule has 1 atom stereocenters. The molecular formula is C6H9IN2O5. The SMILES string of the molecule is NC(=O)N(I)C(CCC(=O)O)C(=O)O. The molecule has 0 radical (unpaired) electrons. The first-order chi connectivity index (χ1) is 6.36. The first-order valence-corrected chi connectivity index (χ1v) is 4.51. The third-order valence-corrected chi connectivity index (χ3v) is 2.55. The van der Waals surface area contributed by atoms with Crippen molar-refractivity contribution in [2.24, 2.45) is 5.73 Å². The van der Waals surface area contributed by atoms with Crippen LogP contribution in [-0.2, 0) is 9.59 Å². The maximum atomic E-state index is 10.6. The van der Waals surface area contributed by atoms with Crippen molar-refractivity contribution >= 4 is 40.8 Å². The lowest BCUT2D eigenvalue weighted by Gasteiger charge is -2.19. The third-order valence-electron chi connectivity index (χ3n) is 1.40. The number of nitrogens with zero attached hydrogens (tertiary/aromatic N) is 1. The van der Waals surface area contributed by atoms with Gasteiger partial charge in [0.05, 0.1) is 22.9 Å². The fourth-order valence-electron chi connectivity index (χ4n) is 0.748. The number of rotatable bonds is 5. The van der Waals surface area contributed by atoms with Crippen LogP contribution in [0, 0.1) is 0 Å². The summed E-state index contributed by atoms with van der Waals surface area (Å²) < 4.78 is 0.767. The summed E-state index contributed by atoms with van der Waals surface area (Å²) in [6, 6.07) is -2.12. The Bertz CT molecular complexity index is 257. The summed E-state index contributed by atoms with van der Waals surface area (Å²) in [4.78, 5) is 31.4. The van der Waals surface area contributed by atoms with Crippen molar-refractivity contribution in [1.82, 2.24) is 3.11 Å². The predicted molar refractivity (Wildman–Crippen MR) is 53.7 cm³/mol. The van der Waals surface area contributed by atoms with Crippen molar-refractivity contribution in [2.45, 2.75) is 18.9 Å². The summed E-state index contributed by atoms with van der Waals surface area (Å²) in [5.74, 6) is -2.40. The largest absolute Gasteiger partial charge is 0.481 e. The Balaban J connectivity index is 4.37. The van der Waals surface area contributed by atoms with E-state index >= 15 is 0 Å². The molecule has 0 saturated heterocycles. The quantitative estimate of drug-likeness (QED) is 0.488. The average Bonchev–Trinajstić information content (AvgIpc) is 2.02. The average molecular weight is 316 g/mol. The van der Waals surface area contributed by atoms with Gasteiger partial charge in [-0.1, -0.05) is 0 Å². The minimum Gasteiger partial charge on any atom is -0.481 e. The molecule has 4 N–H and O–H groups in total. The van der Waals surface area contributed by atoms with E-state index in [1.54, 1.807) is 0 Å². The number of amides is 2. The molecule has 2 amide bonds. The molecule has 0 saturated carbocycles. The lowest BCUT2D eigenvalue weighted by atomic mass is 10.1. The van der Waals surface area contributed by atoms with Gasteiger partial charge in [-0.15, -0.1) is 0 Å². The molecule has 0 spiro atoms. The van der Waals surface area contributed by atoms with Gasteiger partial charge in [0.1, 0.15) is 6.04 Å². The minimum atomic E-state index is -1.28. The second-order valence-electron chi connectivity index (χ2n) is 2.44. The summed E-state index contributed by atoms with van der Waals surface area (Å²) in [7, 11) is 0. The van der Waals surface area contributed by atoms with Crippen LogP contribution in [0.15, 0.2) is 0 Å².